The minimum Gasteiger partial charge on any atom is -0.439 e. The van der Waals surface area contributed by atoms with Crippen molar-refractivity contribution in [3.05, 3.63) is 48.7 Å². The van der Waals surface area contributed by atoms with Gasteiger partial charge >= 0.3 is 6.03 Å². The zero-order chi connectivity index (χ0) is 15.6. The van der Waals surface area contributed by atoms with Crippen molar-refractivity contribution in [3.63, 3.8) is 0 Å². The molecule has 2 N–H and O–H groups in total. The molecule has 2 rings (SSSR count). The second-order valence-corrected chi connectivity index (χ2v) is 4.89. The van der Waals surface area contributed by atoms with Gasteiger partial charge in [0.15, 0.2) is 0 Å². The molecular formula is C17H21N3O2. The number of para-hydroxylation sites is 1. The lowest BCUT2D eigenvalue weighted by Gasteiger charge is -2.09. The molecule has 0 aliphatic rings. The zero-order valence-electron chi connectivity index (χ0n) is 12.7. The van der Waals surface area contributed by atoms with Gasteiger partial charge in [0.1, 0.15) is 5.75 Å². The Balaban J connectivity index is 1.87. The molecule has 0 aliphatic carbocycles. The number of anilines is 1. The number of aromatic nitrogens is 1. The number of benzene rings is 1. The van der Waals surface area contributed by atoms with Gasteiger partial charge in [-0.2, -0.15) is 0 Å². The summed E-state index contributed by atoms with van der Waals surface area (Å²) in [5, 5.41) is 5.60. The van der Waals surface area contributed by atoms with Gasteiger partial charge in [-0.1, -0.05) is 38.0 Å². The number of ether oxygens (including phenoxy) is 1. The van der Waals surface area contributed by atoms with E-state index in [9.17, 15) is 4.79 Å². The standard InChI is InChI=1S/C17H21N3O2/c1-2-3-7-11-19-17(21)20-14-10-12-18-16(13-14)22-15-8-5-4-6-9-15/h4-6,8-10,12-13H,2-3,7,11H2,1H3,(H2,18,19,20,21). The third kappa shape index (κ3) is 5.44. The Labute approximate surface area is 130 Å². The van der Waals surface area contributed by atoms with Gasteiger partial charge < -0.3 is 15.4 Å². The predicted octanol–water partition coefficient (Wildman–Crippen LogP) is 4.19. The average molecular weight is 299 g/mol. The van der Waals surface area contributed by atoms with Crippen molar-refractivity contribution < 1.29 is 9.53 Å². The van der Waals surface area contributed by atoms with Crippen LogP contribution >= 0.6 is 0 Å². The first-order valence-electron chi connectivity index (χ1n) is 7.51. The smallest absolute Gasteiger partial charge is 0.319 e. The van der Waals surface area contributed by atoms with Gasteiger partial charge in [-0.15, -0.1) is 0 Å². The maximum atomic E-state index is 11.8. The molecular weight excluding hydrogens is 278 g/mol. The van der Waals surface area contributed by atoms with Crippen LogP contribution in [0.3, 0.4) is 0 Å². The lowest BCUT2D eigenvalue weighted by molar-refractivity contribution is 0.252. The summed E-state index contributed by atoms with van der Waals surface area (Å²) in [6.45, 7) is 2.81. The monoisotopic (exact) mass is 299 g/mol. The van der Waals surface area contributed by atoms with E-state index in [1.165, 1.54) is 0 Å². The summed E-state index contributed by atoms with van der Waals surface area (Å²) in [7, 11) is 0. The number of pyridine rings is 1. The molecule has 0 radical (unpaired) electrons. The molecule has 2 amide bonds. The van der Waals surface area contributed by atoms with E-state index in [1.54, 1.807) is 18.3 Å². The molecule has 0 saturated heterocycles. The second kappa shape index (κ2) is 8.67. The molecule has 22 heavy (non-hydrogen) atoms. The van der Waals surface area contributed by atoms with Crippen molar-refractivity contribution >= 4 is 11.7 Å². The Morgan fingerprint density at radius 3 is 2.77 bits per heavy atom. The van der Waals surface area contributed by atoms with E-state index in [1.807, 2.05) is 30.3 Å². The van der Waals surface area contributed by atoms with Crippen molar-refractivity contribution in [2.45, 2.75) is 26.2 Å². The minimum absolute atomic E-state index is 0.215. The summed E-state index contributed by atoms with van der Waals surface area (Å²) in [4.78, 5) is 15.9. The van der Waals surface area contributed by atoms with E-state index in [0.29, 0.717) is 23.9 Å². The quantitative estimate of drug-likeness (QED) is 0.754. The van der Waals surface area contributed by atoms with Crippen molar-refractivity contribution in [1.29, 1.82) is 0 Å². The van der Waals surface area contributed by atoms with E-state index < -0.39 is 0 Å². The summed E-state index contributed by atoms with van der Waals surface area (Å²) in [6, 6.07) is 12.6. The molecule has 1 heterocycles. The van der Waals surface area contributed by atoms with Gasteiger partial charge in [-0.05, 0) is 24.6 Å². The van der Waals surface area contributed by atoms with Crippen molar-refractivity contribution in [3.8, 4) is 11.6 Å². The van der Waals surface area contributed by atoms with Crippen LogP contribution in [0.15, 0.2) is 48.7 Å². The molecule has 116 valence electrons. The highest BCUT2D eigenvalue weighted by atomic mass is 16.5. The van der Waals surface area contributed by atoms with E-state index in [4.69, 9.17) is 4.74 Å². The number of carbonyl (C=O) groups is 1. The van der Waals surface area contributed by atoms with Gasteiger partial charge in [0.2, 0.25) is 5.88 Å². The molecule has 0 unspecified atom stereocenters. The highest BCUT2D eigenvalue weighted by Crippen LogP contribution is 2.21. The molecule has 5 nitrogen and oxygen atoms in total. The number of hydrogen-bond donors (Lipinski definition) is 2. The minimum atomic E-state index is -0.215. The van der Waals surface area contributed by atoms with Gasteiger partial charge in [-0.25, -0.2) is 9.78 Å². The highest BCUT2D eigenvalue weighted by Gasteiger charge is 2.04. The predicted molar refractivity (Wildman–Crippen MR) is 87.3 cm³/mol. The maximum Gasteiger partial charge on any atom is 0.319 e. The van der Waals surface area contributed by atoms with Crippen LogP contribution in [0.5, 0.6) is 11.6 Å². The molecule has 5 heteroatoms. The molecule has 0 spiro atoms. The van der Waals surface area contributed by atoms with E-state index >= 15 is 0 Å². The number of carbonyl (C=O) groups excluding carboxylic acids is 1. The Hall–Kier alpha value is -2.56. The molecule has 1 aromatic heterocycles. The Kier molecular flexibility index (Phi) is 6.23. The van der Waals surface area contributed by atoms with Crippen molar-refractivity contribution in [1.82, 2.24) is 10.3 Å². The molecule has 0 saturated carbocycles. The largest absolute Gasteiger partial charge is 0.439 e. The van der Waals surface area contributed by atoms with Crippen LogP contribution in [-0.2, 0) is 0 Å². The van der Waals surface area contributed by atoms with Crippen LogP contribution in [-0.4, -0.2) is 17.6 Å². The number of unbranched alkanes of at least 4 members (excludes halogenated alkanes) is 2. The van der Waals surface area contributed by atoms with E-state index in [0.717, 1.165) is 19.3 Å². The molecule has 1 aromatic carbocycles. The lowest BCUT2D eigenvalue weighted by atomic mass is 10.2. The third-order valence-corrected chi connectivity index (χ3v) is 3.02. The van der Waals surface area contributed by atoms with Crippen molar-refractivity contribution in [2.24, 2.45) is 0 Å². The average Bonchev–Trinajstić information content (AvgIpc) is 2.53. The summed E-state index contributed by atoms with van der Waals surface area (Å²) >= 11 is 0. The van der Waals surface area contributed by atoms with Crippen LogP contribution in [0.1, 0.15) is 26.2 Å². The SMILES string of the molecule is CCCCCNC(=O)Nc1ccnc(Oc2ccccc2)c1. The van der Waals surface area contributed by atoms with E-state index in [-0.39, 0.29) is 6.03 Å². The summed E-state index contributed by atoms with van der Waals surface area (Å²) in [5.74, 6) is 1.14. The van der Waals surface area contributed by atoms with Crippen molar-refractivity contribution in [2.75, 3.05) is 11.9 Å². The molecule has 0 fully saturated rings. The van der Waals surface area contributed by atoms with Crippen LogP contribution in [0.4, 0.5) is 10.5 Å². The van der Waals surface area contributed by atoms with Gasteiger partial charge in [0.05, 0.1) is 0 Å². The first kappa shape index (κ1) is 15.8. The second-order valence-electron chi connectivity index (χ2n) is 4.89. The fourth-order valence-electron chi connectivity index (χ4n) is 1.90. The first-order valence-corrected chi connectivity index (χ1v) is 7.51. The molecule has 0 atom stereocenters. The fourth-order valence-corrected chi connectivity index (χ4v) is 1.90. The van der Waals surface area contributed by atoms with Crippen LogP contribution in [0.25, 0.3) is 0 Å². The summed E-state index contributed by atoms with van der Waals surface area (Å²) in [5.41, 5.74) is 0.647. The Morgan fingerprint density at radius 2 is 2.00 bits per heavy atom. The maximum absolute atomic E-state index is 11.8. The number of hydrogen-bond acceptors (Lipinski definition) is 3. The summed E-state index contributed by atoms with van der Waals surface area (Å²) in [6.07, 6.45) is 4.84. The number of nitrogens with one attached hydrogen (secondary N) is 2. The number of urea groups is 1. The van der Waals surface area contributed by atoms with E-state index in [2.05, 4.69) is 22.5 Å². The zero-order valence-corrected chi connectivity index (χ0v) is 12.7. The van der Waals surface area contributed by atoms with Gasteiger partial charge in [-0.3, -0.25) is 0 Å². The summed E-state index contributed by atoms with van der Waals surface area (Å²) < 4.78 is 5.63. The number of rotatable bonds is 7. The van der Waals surface area contributed by atoms with Crippen LogP contribution < -0.4 is 15.4 Å². The van der Waals surface area contributed by atoms with Crippen LogP contribution in [0.2, 0.25) is 0 Å². The topological polar surface area (TPSA) is 63.2 Å². The Bertz CT molecular complexity index is 587. The molecule has 0 aliphatic heterocycles. The van der Waals surface area contributed by atoms with Crippen LogP contribution in [0, 0.1) is 0 Å². The molecule has 2 aromatic rings. The third-order valence-electron chi connectivity index (χ3n) is 3.02. The fraction of sp³-hybridized carbons (Fsp3) is 0.294. The molecule has 0 bridgehead atoms. The van der Waals surface area contributed by atoms with Gasteiger partial charge in [0, 0.05) is 24.5 Å². The number of nitrogens with zero attached hydrogens (tertiary/aromatic N) is 1. The highest BCUT2D eigenvalue weighted by molar-refractivity contribution is 5.89. The first-order chi connectivity index (χ1) is 10.8. The number of amides is 2. The Morgan fingerprint density at radius 1 is 1.18 bits per heavy atom. The lowest BCUT2D eigenvalue weighted by Crippen LogP contribution is -2.29. The van der Waals surface area contributed by atoms with Gasteiger partial charge in [0.25, 0.3) is 0 Å². The normalized spacial score (nSPS) is 10.0.